The maximum Gasteiger partial charge on any atom is 0.355 e. The molecule has 208 valence electrons. The van der Waals surface area contributed by atoms with E-state index in [9.17, 15) is 9.59 Å². The Balaban J connectivity index is 1.84. The number of nitrogen functional groups attached to an aromatic ring is 1. The first-order valence-corrected chi connectivity index (χ1v) is 12.8. The van der Waals surface area contributed by atoms with Gasteiger partial charge in [0.25, 0.3) is 5.56 Å². The molecule has 2 aromatic heterocycles. The summed E-state index contributed by atoms with van der Waals surface area (Å²) >= 11 is 0. The van der Waals surface area contributed by atoms with E-state index in [1.165, 1.54) is 11.7 Å². The number of ether oxygens (including phenoxy) is 4. The fraction of sp³-hybridized carbons (Fsp3) is 0.156. The van der Waals surface area contributed by atoms with Crippen LogP contribution < -0.4 is 25.5 Å². The van der Waals surface area contributed by atoms with Crippen LogP contribution in [0.25, 0.3) is 27.6 Å². The van der Waals surface area contributed by atoms with E-state index in [1.54, 1.807) is 69.1 Å². The largest absolute Gasteiger partial charge is 0.496 e. The molecule has 2 N–H and O–H groups in total. The summed E-state index contributed by atoms with van der Waals surface area (Å²) in [7, 11) is 4.40. The quantitative estimate of drug-likeness (QED) is 0.203. The number of carbonyl (C=O) groups is 1. The predicted molar refractivity (Wildman–Crippen MR) is 157 cm³/mol. The van der Waals surface area contributed by atoms with Crippen molar-refractivity contribution in [1.29, 1.82) is 0 Å². The average molecular weight is 552 g/mol. The van der Waals surface area contributed by atoms with Gasteiger partial charge in [0.05, 0.1) is 26.7 Å². The normalized spacial score (nSPS) is 10.8. The SMILES string of the molecule is COC(=O)c1c(-c2cc(OC)c(C)c(OC)c2)c2ccc(OCc3ccncc3)cc2c(=O)n1-c1ccc(N)cc1. The maximum absolute atomic E-state index is 14.2. The lowest BCUT2D eigenvalue weighted by Crippen LogP contribution is -2.27. The molecule has 9 nitrogen and oxygen atoms in total. The van der Waals surface area contributed by atoms with Crippen LogP contribution in [0.15, 0.2) is 83.9 Å². The summed E-state index contributed by atoms with van der Waals surface area (Å²) in [5.41, 5.74) is 9.32. The molecular formula is C32H29N3O6. The summed E-state index contributed by atoms with van der Waals surface area (Å²) in [4.78, 5) is 31.7. The molecule has 0 aliphatic carbocycles. The maximum atomic E-state index is 14.2. The Morgan fingerprint density at radius 2 is 1.54 bits per heavy atom. The second-order valence-electron chi connectivity index (χ2n) is 9.30. The lowest BCUT2D eigenvalue weighted by Gasteiger charge is -2.21. The van der Waals surface area contributed by atoms with Crippen molar-refractivity contribution in [3.05, 3.63) is 106 Å². The van der Waals surface area contributed by atoms with Gasteiger partial charge in [0, 0.05) is 34.9 Å². The van der Waals surface area contributed by atoms with E-state index < -0.39 is 11.5 Å². The van der Waals surface area contributed by atoms with Crippen LogP contribution >= 0.6 is 0 Å². The number of fused-ring (bicyclic) bond motifs is 1. The Labute approximate surface area is 236 Å². The van der Waals surface area contributed by atoms with Crippen LogP contribution in [0.3, 0.4) is 0 Å². The molecule has 41 heavy (non-hydrogen) atoms. The molecule has 0 unspecified atom stereocenters. The van der Waals surface area contributed by atoms with Gasteiger partial charge in [-0.1, -0.05) is 0 Å². The van der Waals surface area contributed by atoms with Crippen LogP contribution in [-0.2, 0) is 11.3 Å². The van der Waals surface area contributed by atoms with Crippen LogP contribution in [-0.4, -0.2) is 36.8 Å². The van der Waals surface area contributed by atoms with Gasteiger partial charge in [0.15, 0.2) is 0 Å². The Hall–Kier alpha value is -5.31. The molecule has 0 radical (unpaired) electrons. The molecule has 0 atom stereocenters. The third-order valence-electron chi connectivity index (χ3n) is 6.88. The van der Waals surface area contributed by atoms with E-state index in [4.69, 9.17) is 24.7 Å². The van der Waals surface area contributed by atoms with Crippen molar-refractivity contribution in [2.24, 2.45) is 0 Å². The molecule has 5 aromatic rings. The van der Waals surface area contributed by atoms with Gasteiger partial charge >= 0.3 is 5.97 Å². The van der Waals surface area contributed by atoms with Crippen LogP contribution in [0, 0.1) is 6.92 Å². The summed E-state index contributed by atoms with van der Waals surface area (Å²) in [5.74, 6) is 0.926. The van der Waals surface area contributed by atoms with E-state index in [1.807, 2.05) is 31.2 Å². The van der Waals surface area contributed by atoms with Crippen molar-refractivity contribution < 1.29 is 23.7 Å². The predicted octanol–water partition coefficient (Wildman–Crippen LogP) is 5.33. The van der Waals surface area contributed by atoms with Gasteiger partial charge in [-0.05, 0) is 90.2 Å². The Morgan fingerprint density at radius 3 is 2.15 bits per heavy atom. The summed E-state index contributed by atoms with van der Waals surface area (Å²) in [6.07, 6.45) is 3.38. The lowest BCUT2D eigenvalue weighted by atomic mass is 9.94. The summed E-state index contributed by atoms with van der Waals surface area (Å²) < 4.78 is 23.8. The zero-order chi connectivity index (χ0) is 29.1. The molecule has 0 bridgehead atoms. The molecule has 9 heteroatoms. The van der Waals surface area contributed by atoms with Crippen LogP contribution in [0.2, 0.25) is 0 Å². The highest BCUT2D eigenvalue weighted by Crippen LogP contribution is 2.40. The zero-order valence-corrected chi connectivity index (χ0v) is 23.1. The first-order valence-electron chi connectivity index (χ1n) is 12.8. The van der Waals surface area contributed by atoms with Crippen molar-refractivity contribution in [3.8, 4) is 34.1 Å². The van der Waals surface area contributed by atoms with Gasteiger partial charge in [-0.15, -0.1) is 0 Å². The second kappa shape index (κ2) is 11.4. The highest BCUT2D eigenvalue weighted by atomic mass is 16.5. The van der Waals surface area contributed by atoms with E-state index in [-0.39, 0.29) is 5.69 Å². The van der Waals surface area contributed by atoms with Crippen LogP contribution in [0.1, 0.15) is 21.6 Å². The number of hydrogen-bond acceptors (Lipinski definition) is 8. The van der Waals surface area contributed by atoms with Gasteiger partial charge in [-0.25, -0.2) is 4.79 Å². The zero-order valence-electron chi connectivity index (χ0n) is 23.1. The van der Waals surface area contributed by atoms with E-state index in [0.29, 0.717) is 57.1 Å². The number of aromatic nitrogens is 2. The Morgan fingerprint density at radius 1 is 0.878 bits per heavy atom. The first kappa shape index (κ1) is 27.3. The van der Waals surface area contributed by atoms with E-state index in [0.717, 1.165) is 11.1 Å². The third kappa shape index (κ3) is 5.17. The molecule has 3 aromatic carbocycles. The number of carbonyl (C=O) groups excluding carboxylic acids is 1. The summed E-state index contributed by atoms with van der Waals surface area (Å²) in [5, 5.41) is 0.876. The van der Waals surface area contributed by atoms with E-state index >= 15 is 0 Å². The topological polar surface area (TPSA) is 115 Å². The van der Waals surface area contributed by atoms with Crippen molar-refractivity contribution in [3.63, 3.8) is 0 Å². The molecule has 0 aliphatic heterocycles. The highest BCUT2D eigenvalue weighted by Gasteiger charge is 2.26. The average Bonchev–Trinajstić information content (AvgIpc) is 3.01. The molecule has 0 fully saturated rings. The van der Waals surface area contributed by atoms with Crippen molar-refractivity contribution >= 4 is 22.4 Å². The summed E-state index contributed by atoms with van der Waals surface area (Å²) in [6.45, 7) is 2.17. The first-order chi connectivity index (χ1) is 19.9. The molecule has 0 spiro atoms. The summed E-state index contributed by atoms with van der Waals surface area (Å²) in [6, 6.07) is 19.2. The number of nitrogens with zero attached hydrogens (tertiary/aromatic N) is 2. The van der Waals surface area contributed by atoms with Crippen molar-refractivity contribution in [2.45, 2.75) is 13.5 Å². The van der Waals surface area contributed by atoms with Crippen molar-refractivity contribution in [1.82, 2.24) is 9.55 Å². The van der Waals surface area contributed by atoms with Gasteiger partial charge in [-0.3, -0.25) is 14.3 Å². The second-order valence-corrected chi connectivity index (χ2v) is 9.30. The fourth-order valence-corrected chi connectivity index (χ4v) is 4.80. The standard InChI is InChI=1S/C32H29N3O6/c1-19-27(38-2)15-21(16-28(19)39-3)29-25-10-9-24(41-18-20-11-13-34-14-12-20)17-26(25)31(36)35(30(29)32(37)40-4)23-7-5-22(33)6-8-23/h5-17H,18,33H2,1-4H3. The number of methoxy groups -OCH3 is 3. The number of nitrogens with two attached hydrogens (primary N) is 1. The molecule has 2 heterocycles. The number of rotatable bonds is 8. The monoisotopic (exact) mass is 551 g/mol. The lowest BCUT2D eigenvalue weighted by molar-refractivity contribution is 0.0591. The minimum Gasteiger partial charge on any atom is -0.496 e. The van der Waals surface area contributed by atoms with Gasteiger partial charge < -0.3 is 24.7 Å². The molecule has 5 rings (SSSR count). The third-order valence-corrected chi connectivity index (χ3v) is 6.88. The minimum atomic E-state index is -0.688. The smallest absolute Gasteiger partial charge is 0.355 e. The van der Waals surface area contributed by atoms with Crippen LogP contribution in [0.5, 0.6) is 17.2 Å². The molecular weight excluding hydrogens is 522 g/mol. The number of benzene rings is 3. The number of pyridine rings is 2. The Kier molecular flexibility index (Phi) is 7.60. The number of anilines is 1. The molecule has 0 aliphatic rings. The molecule has 0 saturated heterocycles. The van der Waals surface area contributed by atoms with Crippen LogP contribution in [0.4, 0.5) is 5.69 Å². The van der Waals surface area contributed by atoms with Gasteiger partial charge in [0.1, 0.15) is 29.5 Å². The van der Waals surface area contributed by atoms with Gasteiger partial charge in [0.2, 0.25) is 0 Å². The van der Waals surface area contributed by atoms with E-state index in [2.05, 4.69) is 4.98 Å². The fourth-order valence-electron chi connectivity index (χ4n) is 4.80. The molecule has 0 saturated carbocycles. The highest BCUT2D eigenvalue weighted by molar-refractivity contribution is 6.07. The Bertz CT molecular complexity index is 1770. The van der Waals surface area contributed by atoms with Gasteiger partial charge in [-0.2, -0.15) is 0 Å². The molecule has 0 amide bonds. The van der Waals surface area contributed by atoms with Crippen molar-refractivity contribution in [2.75, 3.05) is 27.1 Å². The number of esters is 1. The number of hydrogen-bond donors (Lipinski definition) is 1. The minimum absolute atomic E-state index is 0.0492.